The van der Waals surface area contributed by atoms with Crippen molar-refractivity contribution in [2.24, 2.45) is 0 Å². The second-order valence-corrected chi connectivity index (χ2v) is 4.05. The molecule has 0 aliphatic rings. The van der Waals surface area contributed by atoms with E-state index in [9.17, 15) is 14.9 Å². The number of hydrogen-bond acceptors (Lipinski definition) is 6. The van der Waals surface area contributed by atoms with E-state index in [4.69, 9.17) is 9.47 Å². The van der Waals surface area contributed by atoms with Gasteiger partial charge in [0.1, 0.15) is 6.61 Å². The van der Waals surface area contributed by atoms with Crippen molar-refractivity contribution in [3.63, 3.8) is 0 Å². The first kappa shape index (κ1) is 14.4. The number of benzene rings is 1. The van der Waals surface area contributed by atoms with Crippen LogP contribution in [0.25, 0.3) is 0 Å². The summed E-state index contributed by atoms with van der Waals surface area (Å²) in [5.74, 6) is 0.430. The molecule has 0 bridgehead atoms. The maximum atomic E-state index is 10.9. The van der Waals surface area contributed by atoms with Gasteiger partial charge in [0.25, 0.3) is 5.69 Å². The SMILES string of the molecule is COc1cc(C=O)c([N+](=O)[O-])cc1OCc1ccccn1. The summed E-state index contributed by atoms with van der Waals surface area (Å²) >= 11 is 0. The average Bonchev–Trinajstić information content (AvgIpc) is 2.52. The van der Waals surface area contributed by atoms with E-state index in [2.05, 4.69) is 4.98 Å². The van der Waals surface area contributed by atoms with Crippen molar-refractivity contribution in [1.82, 2.24) is 4.98 Å². The minimum atomic E-state index is -0.642. The van der Waals surface area contributed by atoms with Crippen LogP contribution in [0, 0.1) is 10.1 Å². The summed E-state index contributed by atoms with van der Waals surface area (Å²) in [7, 11) is 1.39. The molecule has 0 unspecified atom stereocenters. The van der Waals surface area contributed by atoms with Crippen molar-refractivity contribution in [3.05, 3.63) is 57.9 Å². The highest BCUT2D eigenvalue weighted by atomic mass is 16.6. The lowest BCUT2D eigenvalue weighted by Gasteiger charge is -2.11. The Morgan fingerprint density at radius 1 is 1.33 bits per heavy atom. The zero-order valence-corrected chi connectivity index (χ0v) is 11.2. The molecule has 7 nitrogen and oxygen atoms in total. The maximum absolute atomic E-state index is 10.9. The van der Waals surface area contributed by atoms with Gasteiger partial charge in [0.15, 0.2) is 17.8 Å². The van der Waals surface area contributed by atoms with Crippen LogP contribution in [0.1, 0.15) is 16.1 Å². The van der Waals surface area contributed by atoms with E-state index in [-0.39, 0.29) is 29.4 Å². The van der Waals surface area contributed by atoms with E-state index in [1.807, 2.05) is 0 Å². The number of pyridine rings is 1. The second kappa shape index (κ2) is 6.47. The molecule has 1 aromatic heterocycles. The minimum absolute atomic E-state index is 0.0676. The van der Waals surface area contributed by atoms with Gasteiger partial charge in [0.05, 0.1) is 29.4 Å². The molecular formula is C14H12N2O5. The van der Waals surface area contributed by atoms with E-state index in [1.54, 1.807) is 24.4 Å². The Hall–Kier alpha value is -2.96. The summed E-state index contributed by atoms with van der Waals surface area (Å²) in [6, 6.07) is 7.79. The van der Waals surface area contributed by atoms with Crippen molar-refractivity contribution >= 4 is 12.0 Å². The summed E-state index contributed by atoms with van der Waals surface area (Å²) < 4.78 is 10.6. The van der Waals surface area contributed by atoms with E-state index >= 15 is 0 Å². The summed E-state index contributed by atoms with van der Waals surface area (Å²) in [6.07, 6.45) is 2.02. The monoisotopic (exact) mass is 288 g/mol. The molecule has 0 atom stereocenters. The Balaban J connectivity index is 2.31. The summed E-state index contributed by atoms with van der Waals surface area (Å²) in [6.45, 7) is 0.134. The number of ether oxygens (including phenoxy) is 2. The van der Waals surface area contributed by atoms with Gasteiger partial charge in [0, 0.05) is 12.3 Å². The molecule has 0 spiro atoms. The lowest BCUT2D eigenvalue weighted by Crippen LogP contribution is -2.02. The molecule has 0 saturated carbocycles. The highest BCUT2D eigenvalue weighted by Crippen LogP contribution is 2.34. The van der Waals surface area contributed by atoms with E-state index in [0.717, 1.165) is 0 Å². The molecule has 1 heterocycles. The number of aromatic nitrogens is 1. The highest BCUT2D eigenvalue weighted by Gasteiger charge is 2.19. The fourth-order valence-electron chi connectivity index (χ4n) is 1.72. The molecule has 0 aliphatic carbocycles. The van der Waals surface area contributed by atoms with Gasteiger partial charge in [-0.1, -0.05) is 6.07 Å². The maximum Gasteiger partial charge on any atom is 0.283 e. The largest absolute Gasteiger partial charge is 0.493 e. The molecule has 1 aromatic carbocycles. The Bertz CT molecular complexity index is 658. The molecule has 21 heavy (non-hydrogen) atoms. The molecule has 0 radical (unpaired) electrons. The van der Waals surface area contributed by atoms with Crippen LogP contribution in [0.2, 0.25) is 0 Å². The third kappa shape index (κ3) is 3.33. The number of carbonyl (C=O) groups is 1. The predicted octanol–water partition coefficient (Wildman–Crippen LogP) is 2.39. The summed E-state index contributed by atoms with van der Waals surface area (Å²) in [4.78, 5) is 25.3. The molecular weight excluding hydrogens is 276 g/mol. The molecule has 0 N–H and O–H groups in total. The summed E-state index contributed by atoms with van der Waals surface area (Å²) in [5.41, 5.74) is 0.269. The molecule has 2 rings (SSSR count). The van der Waals surface area contributed by atoms with Crippen LogP contribution in [0.15, 0.2) is 36.5 Å². The van der Waals surface area contributed by atoms with E-state index in [1.165, 1.54) is 19.2 Å². The minimum Gasteiger partial charge on any atom is -0.493 e. The second-order valence-electron chi connectivity index (χ2n) is 4.05. The number of nitro groups is 1. The van der Waals surface area contributed by atoms with Crippen molar-refractivity contribution in [1.29, 1.82) is 0 Å². The van der Waals surface area contributed by atoms with Gasteiger partial charge in [-0.15, -0.1) is 0 Å². The van der Waals surface area contributed by atoms with E-state index in [0.29, 0.717) is 12.0 Å². The standard InChI is InChI=1S/C14H12N2O5/c1-20-13-6-10(8-17)12(16(18)19)7-14(13)21-9-11-4-2-3-5-15-11/h2-8H,9H2,1H3. The number of nitro benzene ring substituents is 1. The van der Waals surface area contributed by atoms with Crippen molar-refractivity contribution in [2.75, 3.05) is 7.11 Å². The van der Waals surface area contributed by atoms with Crippen LogP contribution >= 0.6 is 0 Å². The topological polar surface area (TPSA) is 91.6 Å². The number of carbonyl (C=O) groups excluding carboxylic acids is 1. The van der Waals surface area contributed by atoms with Crippen LogP contribution in [0.3, 0.4) is 0 Å². The lowest BCUT2D eigenvalue weighted by molar-refractivity contribution is -0.385. The molecule has 2 aromatic rings. The number of nitrogens with zero attached hydrogens (tertiary/aromatic N) is 2. The van der Waals surface area contributed by atoms with Gasteiger partial charge in [-0.25, -0.2) is 0 Å². The third-order valence-electron chi connectivity index (χ3n) is 2.74. The lowest BCUT2D eigenvalue weighted by atomic mass is 10.1. The molecule has 108 valence electrons. The summed E-state index contributed by atoms with van der Waals surface area (Å²) in [5, 5.41) is 10.9. The number of methoxy groups -OCH3 is 1. The number of hydrogen-bond donors (Lipinski definition) is 0. The predicted molar refractivity (Wildman–Crippen MR) is 73.6 cm³/mol. The number of aldehydes is 1. The van der Waals surface area contributed by atoms with Gasteiger partial charge in [0.2, 0.25) is 0 Å². The first-order valence-corrected chi connectivity index (χ1v) is 6.00. The van der Waals surface area contributed by atoms with Gasteiger partial charge in [-0.3, -0.25) is 19.9 Å². The average molecular weight is 288 g/mol. The Morgan fingerprint density at radius 2 is 2.14 bits per heavy atom. The van der Waals surface area contributed by atoms with Crippen LogP contribution in [-0.4, -0.2) is 23.3 Å². The highest BCUT2D eigenvalue weighted by molar-refractivity contribution is 5.83. The quantitative estimate of drug-likeness (QED) is 0.460. The smallest absolute Gasteiger partial charge is 0.283 e. The Morgan fingerprint density at radius 3 is 2.71 bits per heavy atom. The normalized spacial score (nSPS) is 9.95. The van der Waals surface area contributed by atoms with Crippen LogP contribution < -0.4 is 9.47 Å². The zero-order chi connectivity index (χ0) is 15.2. The van der Waals surface area contributed by atoms with Crippen molar-refractivity contribution < 1.29 is 19.2 Å². The Kier molecular flexibility index (Phi) is 4.45. The first-order valence-electron chi connectivity index (χ1n) is 6.00. The molecule has 0 fully saturated rings. The molecule has 7 heteroatoms. The van der Waals surface area contributed by atoms with Gasteiger partial charge < -0.3 is 9.47 Å². The van der Waals surface area contributed by atoms with Gasteiger partial charge in [-0.2, -0.15) is 0 Å². The van der Waals surface area contributed by atoms with Crippen LogP contribution in [0.4, 0.5) is 5.69 Å². The molecule has 0 saturated heterocycles. The third-order valence-corrected chi connectivity index (χ3v) is 2.74. The fraction of sp³-hybridized carbons (Fsp3) is 0.143. The van der Waals surface area contributed by atoms with Crippen molar-refractivity contribution in [2.45, 2.75) is 6.61 Å². The van der Waals surface area contributed by atoms with Crippen molar-refractivity contribution in [3.8, 4) is 11.5 Å². The van der Waals surface area contributed by atoms with E-state index < -0.39 is 4.92 Å². The zero-order valence-electron chi connectivity index (χ0n) is 11.2. The molecule has 0 aliphatic heterocycles. The van der Waals surface area contributed by atoms with Crippen LogP contribution in [0.5, 0.6) is 11.5 Å². The van der Waals surface area contributed by atoms with Gasteiger partial charge >= 0.3 is 0 Å². The molecule has 0 amide bonds. The number of rotatable bonds is 6. The fourth-order valence-corrected chi connectivity index (χ4v) is 1.72. The van der Waals surface area contributed by atoms with Gasteiger partial charge in [-0.05, 0) is 12.1 Å². The Labute approximate surface area is 120 Å². The van der Waals surface area contributed by atoms with Crippen LogP contribution in [-0.2, 0) is 6.61 Å². The first-order chi connectivity index (χ1) is 10.2.